The zero-order valence-corrected chi connectivity index (χ0v) is 22.4. The molecular weight excluding hydrogens is 502 g/mol. The molecule has 0 spiro atoms. The summed E-state index contributed by atoms with van der Waals surface area (Å²) < 4.78 is 8.08. The summed E-state index contributed by atoms with van der Waals surface area (Å²) in [6.07, 6.45) is 10.7. The third-order valence-corrected chi connectivity index (χ3v) is 6.86. The molecule has 0 saturated carbocycles. The van der Waals surface area contributed by atoms with E-state index in [1.54, 1.807) is 0 Å². The number of H-pyrrole nitrogens is 1. The fourth-order valence-electron chi connectivity index (χ4n) is 4.89. The van der Waals surface area contributed by atoms with Crippen molar-refractivity contribution in [2.45, 2.75) is 45.1 Å². The van der Waals surface area contributed by atoms with Crippen LogP contribution in [0.2, 0.25) is 0 Å². The number of benzene rings is 3. The molecular formula is C32H33N5O3. The summed E-state index contributed by atoms with van der Waals surface area (Å²) in [5, 5.41) is 24.5. The zero-order chi connectivity index (χ0) is 27.6. The molecule has 204 valence electrons. The van der Waals surface area contributed by atoms with E-state index in [-0.39, 0.29) is 6.42 Å². The van der Waals surface area contributed by atoms with Gasteiger partial charge >= 0.3 is 5.97 Å². The van der Waals surface area contributed by atoms with Crippen LogP contribution < -0.4 is 4.74 Å². The number of nitrogens with one attached hydrogen (secondary N) is 1. The van der Waals surface area contributed by atoms with Crippen LogP contribution in [0.25, 0.3) is 23.1 Å². The molecule has 0 aliphatic heterocycles. The number of ether oxygens (including phenoxy) is 1. The minimum Gasteiger partial charge on any atom is -0.494 e. The number of fused-ring (bicyclic) bond motifs is 1. The Morgan fingerprint density at radius 1 is 0.950 bits per heavy atom. The van der Waals surface area contributed by atoms with Gasteiger partial charge in [0.2, 0.25) is 0 Å². The van der Waals surface area contributed by atoms with Crippen LogP contribution in [0, 0.1) is 0 Å². The van der Waals surface area contributed by atoms with Gasteiger partial charge in [-0.25, -0.2) is 5.10 Å². The van der Waals surface area contributed by atoms with E-state index < -0.39 is 5.97 Å². The smallest absolute Gasteiger partial charge is 0.303 e. The first kappa shape index (κ1) is 26.9. The van der Waals surface area contributed by atoms with Crippen molar-refractivity contribution in [2.75, 3.05) is 6.61 Å². The summed E-state index contributed by atoms with van der Waals surface area (Å²) in [5.74, 6) is 0.770. The maximum atomic E-state index is 11.0. The lowest BCUT2D eigenvalue weighted by Gasteiger charge is -2.07. The molecule has 8 nitrogen and oxygen atoms in total. The van der Waals surface area contributed by atoms with Crippen LogP contribution in [0.5, 0.6) is 5.75 Å². The molecule has 0 fully saturated rings. The second kappa shape index (κ2) is 13.4. The average molecular weight is 536 g/mol. The van der Waals surface area contributed by atoms with Crippen LogP contribution in [0.1, 0.15) is 53.8 Å². The number of nitrogens with zero attached hydrogens (tertiary/aromatic N) is 4. The molecule has 5 rings (SSSR count). The Balaban J connectivity index is 1.25. The van der Waals surface area contributed by atoms with Gasteiger partial charge in [0.05, 0.1) is 6.61 Å². The number of carboxylic acids is 1. The SMILES string of the molecule is O=C(O)CCCn1cc(Cc2nnn[nH]2)c2c(/C=C/c3ccc(OCCCCc4ccccc4)cc3)cccc21. The van der Waals surface area contributed by atoms with Gasteiger partial charge in [-0.15, -0.1) is 5.10 Å². The summed E-state index contributed by atoms with van der Waals surface area (Å²) in [6.45, 7) is 1.33. The van der Waals surface area contributed by atoms with Gasteiger partial charge < -0.3 is 14.4 Å². The van der Waals surface area contributed by atoms with E-state index in [9.17, 15) is 4.79 Å². The van der Waals surface area contributed by atoms with Crippen LogP contribution in [-0.4, -0.2) is 42.9 Å². The van der Waals surface area contributed by atoms with E-state index in [4.69, 9.17) is 9.84 Å². The van der Waals surface area contributed by atoms with E-state index in [0.29, 0.717) is 31.8 Å². The Kier molecular flexibility index (Phi) is 8.98. The first-order valence-electron chi connectivity index (χ1n) is 13.7. The molecule has 0 radical (unpaired) electrons. The highest BCUT2D eigenvalue weighted by Crippen LogP contribution is 2.29. The number of aromatic nitrogens is 5. The van der Waals surface area contributed by atoms with Crippen LogP contribution in [0.15, 0.2) is 79.0 Å². The van der Waals surface area contributed by atoms with Crippen molar-refractivity contribution >= 4 is 29.0 Å². The number of carboxylic acid groups (broad SMARTS) is 1. The molecule has 5 aromatic rings. The summed E-state index contributed by atoms with van der Waals surface area (Å²) in [4.78, 5) is 11.0. The number of hydrogen-bond acceptors (Lipinski definition) is 5. The van der Waals surface area contributed by atoms with E-state index in [0.717, 1.165) is 52.6 Å². The maximum Gasteiger partial charge on any atom is 0.303 e. The molecule has 0 atom stereocenters. The van der Waals surface area contributed by atoms with Crippen LogP contribution in [0.4, 0.5) is 0 Å². The maximum absolute atomic E-state index is 11.0. The van der Waals surface area contributed by atoms with E-state index in [1.807, 2.05) is 24.3 Å². The number of unbranched alkanes of at least 4 members (excludes halogenated alkanes) is 1. The monoisotopic (exact) mass is 535 g/mol. The summed E-state index contributed by atoms with van der Waals surface area (Å²) in [6, 6.07) is 24.9. The fourth-order valence-corrected chi connectivity index (χ4v) is 4.89. The molecule has 2 N–H and O–H groups in total. The van der Waals surface area contributed by atoms with Gasteiger partial charge in [-0.1, -0.05) is 66.7 Å². The predicted octanol–water partition coefficient (Wildman–Crippen LogP) is 6.18. The Labute approximate surface area is 233 Å². The quantitative estimate of drug-likeness (QED) is 0.130. The van der Waals surface area contributed by atoms with Gasteiger partial charge in [-0.3, -0.25) is 4.79 Å². The largest absolute Gasteiger partial charge is 0.494 e. The lowest BCUT2D eigenvalue weighted by molar-refractivity contribution is -0.137. The Hall–Kier alpha value is -4.72. The lowest BCUT2D eigenvalue weighted by atomic mass is 10.0. The third-order valence-electron chi connectivity index (χ3n) is 6.86. The first-order valence-corrected chi connectivity index (χ1v) is 13.7. The fraction of sp³-hybridized carbons (Fsp3) is 0.250. The summed E-state index contributed by atoms with van der Waals surface area (Å²) >= 11 is 0. The number of carbonyl (C=O) groups is 1. The first-order chi connectivity index (χ1) is 19.7. The molecule has 40 heavy (non-hydrogen) atoms. The minimum absolute atomic E-state index is 0.133. The van der Waals surface area contributed by atoms with Crippen molar-refractivity contribution < 1.29 is 14.6 Å². The lowest BCUT2D eigenvalue weighted by Crippen LogP contribution is -2.01. The van der Waals surface area contributed by atoms with Gasteiger partial charge in [0.1, 0.15) is 5.75 Å². The standard InChI is InChI=1S/C32H33N5O3/c38-31(39)13-7-20-37-23-27(22-30-33-35-36-34-30)32-26(11-6-12-29(32)37)17-14-25-15-18-28(19-16-25)40-21-5-4-10-24-8-2-1-3-9-24/h1-3,6,8-9,11-12,14-19,23H,4-5,7,10,13,20-22H2,(H,38,39)(H,33,34,35,36)/b17-14+. The molecule has 0 bridgehead atoms. The van der Waals surface area contributed by atoms with E-state index >= 15 is 0 Å². The van der Waals surface area contributed by atoms with Crippen molar-refractivity contribution in [3.05, 3.63) is 107 Å². The molecule has 2 heterocycles. The van der Waals surface area contributed by atoms with Gasteiger partial charge in [0.15, 0.2) is 5.82 Å². The third kappa shape index (κ3) is 7.22. The topological polar surface area (TPSA) is 106 Å². The highest BCUT2D eigenvalue weighted by atomic mass is 16.5. The van der Waals surface area contributed by atoms with E-state index in [1.165, 1.54) is 5.56 Å². The van der Waals surface area contributed by atoms with Gasteiger partial charge in [-0.05, 0) is 76.6 Å². The highest BCUT2D eigenvalue weighted by Gasteiger charge is 2.14. The Morgan fingerprint density at radius 2 is 1.80 bits per heavy atom. The van der Waals surface area contributed by atoms with Crippen molar-refractivity contribution in [3.63, 3.8) is 0 Å². The molecule has 0 unspecified atom stereocenters. The number of tetrazole rings is 1. The Morgan fingerprint density at radius 3 is 2.58 bits per heavy atom. The molecule has 3 aromatic carbocycles. The predicted molar refractivity (Wildman–Crippen MR) is 156 cm³/mol. The zero-order valence-electron chi connectivity index (χ0n) is 22.4. The van der Waals surface area contributed by atoms with Crippen molar-refractivity contribution in [1.82, 2.24) is 25.2 Å². The molecule has 0 amide bonds. The van der Waals surface area contributed by atoms with Crippen molar-refractivity contribution in [2.24, 2.45) is 0 Å². The summed E-state index contributed by atoms with van der Waals surface area (Å²) in [7, 11) is 0. The Bertz CT molecular complexity index is 1540. The number of rotatable bonds is 14. The molecule has 8 heteroatoms. The average Bonchev–Trinajstić information content (AvgIpc) is 3.61. The number of aryl methyl sites for hydroxylation is 2. The number of aliphatic carboxylic acids is 1. The minimum atomic E-state index is -0.785. The van der Waals surface area contributed by atoms with E-state index in [2.05, 4.69) is 92.1 Å². The van der Waals surface area contributed by atoms with Crippen molar-refractivity contribution in [3.8, 4) is 5.75 Å². The van der Waals surface area contributed by atoms with Crippen LogP contribution in [-0.2, 0) is 24.2 Å². The number of hydrogen-bond donors (Lipinski definition) is 2. The van der Waals surface area contributed by atoms with Gasteiger partial charge in [0.25, 0.3) is 0 Å². The molecule has 2 aromatic heterocycles. The molecule has 0 saturated heterocycles. The highest BCUT2D eigenvalue weighted by molar-refractivity contribution is 5.94. The van der Waals surface area contributed by atoms with Crippen LogP contribution in [0.3, 0.4) is 0 Å². The summed E-state index contributed by atoms with van der Waals surface area (Å²) in [5.41, 5.74) is 5.67. The second-order valence-corrected chi connectivity index (χ2v) is 9.80. The molecule has 0 aliphatic carbocycles. The van der Waals surface area contributed by atoms with Gasteiger partial charge in [-0.2, -0.15) is 0 Å². The van der Waals surface area contributed by atoms with Crippen LogP contribution >= 0.6 is 0 Å². The second-order valence-electron chi connectivity index (χ2n) is 9.80. The van der Waals surface area contributed by atoms with Crippen molar-refractivity contribution in [1.29, 1.82) is 0 Å². The van der Waals surface area contributed by atoms with Gasteiger partial charge in [0, 0.05) is 36.5 Å². The molecule has 0 aliphatic rings. The number of aromatic amines is 1. The normalized spacial score (nSPS) is 11.4.